The van der Waals surface area contributed by atoms with E-state index in [4.69, 9.17) is 0 Å². The lowest BCUT2D eigenvalue weighted by Gasteiger charge is -2.07. The van der Waals surface area contributed by atoms with Crippen molar-refractivity contribution in [1.82, 2.24) is 14.5 Å². The average molecular weight is 235 g/mol. The van der Waals surface area contributed by atoms with Crippen LogP contribution in [0.25, 0.3) is 22.8 Å². The van der Waals surface area contributed by atoms with Crippen LogP contribution < -0.4 is 0 Å². The number of para-hydroxylation sites is 1. The van der Waals surface area contributed by atoms with E-state index in [0.29, 0.717) is 0 Å². The van der Waals surface area contributed by atoms with Crippen LogP contribution in [0, 0.1) is 0 Å². The number of allylic oxidation sites excluding steroid dienone is 1. The van der Waals surface area contributed by atoms with Gasteiger partial charge in [-0.05, 0) is 37.3 Å². The summed E-state index contributed by atoms with van der Waals surface area (Å²) in [5.74, 6) is 1.65. The lowest BCUT2D eigenvalue weighted by Crippen LogP contribution is -2.00. The molecule has 3 rings (SSSR count). The molecule has 3 heteroatoms. The Labute approximate surface area is 105 Å². The molecule has 0 saturated heterocycles. The Morgan fingerprint density at radius 3 is 2.56 bits per heavy atom. The largest absolute Gasteiger partial charge is 0.308 e. The van der Waals surface area contributed by atoms with Gasteiger partial charge in [0.1, 0.15) is 5.82 Å². The average Bonchev–Trinajstić information content (AvgIpc) is 2.92. The first kappa shape index (κ1) is 10.7. The fourth-order valence-corrected chi connectivity index (χ4v) is 1.97. The molecule has 3 nitrogen and oxygen atoms in total. The minimum atomic E-state index is 0.736. The predicted molar refractivity (Wildman–Crippen MR) is 73.6 cm³/mol. The molecule has 0 atom stereocenters. The monoisotopic (exact) mass is 235 g/mol. The summed E-state index contributed by atoms with van der Waals surface area (Å²) in [6, 6.07) is 12.0. The van der Waals surface area contributed by atoms with Gasteiger partial charge >= 0.3 is 0 Å². The van der Waals surface area contributed by atoms with Crippen LogP contribution in [0.4, 0.5) is 0 Å². The quantitative estimate of drug-likeness (QED) is 0.681. The van der Waals surface area contributed by atoms with Crippen molar-refractivity contribution >= 4 is 17.0 Å². The molecule has 2 aromatic heterocycles. The summed E-state index contributed by atoms with van der Waals surface area (Å²) in [6.45, 7) is 1.97. The van der Waals surface area contributed by atoms with Gasteiger partial charge in [0.05, 0.1) is 5.52 Å². The standard InChI is InChI=1S/C15H13N3/c1-2-7-14-16-13-9-4-3-8-12(13)15(17-14)18-10-5-6-11-18/h2-11H,1H3/b7-2+. The van der Waals surface area contributed by atoms with Gasteiger partial charge in [-0.3, -0.25) is 0 Å². The molecule has 0 bridgehead atoms. The number of hydrogen-bond donors (Lipinski definition) is 0. The summed E-state index contributed by atoms with van der Waals surface area (Å²) in [5.41, 5.74) is 0.962. The van der Waals surface area contributed by atoms with Crippen molar-refractivity contribution in [2.24, 2.45) is 0 Å². The van der Waals surface area contributed by atoms with Gasteiger partial charge in [0.15, 0.2) is 5.82 Å². The molecule has 0 amide bonds. The Morgan fingerprint density at radius 1 is 1.00 bits per heavy atom. The second kappa shape index (κ2) is 4.45. The van der Waals surface area contributed by atoms with Crippen molar-refractivity contribution in [3.05, 3.63) is 60.7 Å². The van der Waals surface area contributed by atoms with Gasteiger partial charge in [-0.1, -0.05) is 18.2 Å². The highest BCUT2D eigenvalue weighted by Crippen LogP contribution is 2.19. The summed E-state index contributed by atoms with van der Waals surface area (Å²) in [4.78, 5) is 9.12. The number of nitrogens with zero attached hydrogens (tertiary/aromatic N) is 3. The molecule has 0 unspecified atom stereocenters. The Kier molecular flexibility index (Phi) is 2.65. The van der Waals surface area contributed by atoms with Crippen molar-refractivity contribution in [2.75, 3.05) is 0 Å². The molecular formula is C15H13N3. The third-order valence-corrected chi connectivity index (χ3v) is 2.77. The zero-order valence-corrected chi connectivity index (χ0v) is 10.1. The highest BCUT2D eigenvalue weighted by atomic mass is 15.1. The van der Waals surface area contributed by atoms with Gasteiger partial charge in [-0.2, -0.15) is 0 Å². The molecule has 18 heavy (non-hydrogen) atoms. The molecule has 0 N–H and O–H groups in total. The lowest BCUT2D eigenvalue weighted by molar-refractivity contribution is 0.998. The van der Waals surface area contributed by atoms with Crippen molar-refractivity contribution in [1.29, 1.82) is 0 Å². The van der Waals surface area contributed by atoms with E-state index in [9.17, 15) is 0 Å². The maximum absolute atomic E-state index is 4.60. The van der Waals surface area contributed by atoms with Crippen molar-refractivity contribution in [2.45, 2.75) is 6.92 Å². The Balaban J connectivity index is 2.33. The highest BCUT2D eigenvalue weighted by Gasteiger charge is 2.06. The second-order valence-corrected chi connectivity index (χ2v) is 4.01. The number of benzene rings is 1. The summed E-state index contributed by atoms with van der Waals surface area (Å²) in [6.07, 6.45) is 7.85. The van der Waals surface area contributed by atoms with Crippen molar-refractivity contribution in [3.63, 3.8) is 0 Å². The Bertz CT molecular complexity index is 697. The van der Waals surface area contributed by atoms with Gasteiger partial charge in [-0.25, -0.2) is 9.97 Å². The van der Waals surface area contributed by atoms with Crippen LogP contribution in [-0.4, -0.2) is 14.5 Å². The maximum Gasteiger partial charge on any atom is 0.154 e. The maximum atomic E-state index is 4.60. The minimum absolute atomic E-state index is 0.736. The van der Waals surface area contributed by atoms with E-state index in [2.05, 4.69) is 9.97 Å². The molecule has 0 fully saturated rings. The van der Waals surface area contributed by atoms with Gasteiger partial charge in [0.25, 0.3) is 0 Å². The van der Waals surface area contributed by atoms with E-state index < -0.39 is 0 Å². The first-order valence-electron chi connectivity index (χ1n) is 5.91. The van der Waals surface area contributed by atoms with Crippen LogP contribution >= 0.6 is 0 Å². The van der Waals surface area contributed by atoms with Crippen molar-refractivity contribution < 1.29 is 0 Å². The van der Waals surface area contributed by atoms with Crippen molar-refractivity contribution in [3.8, 4) is 5.82 Å². The Morgan fingerprint density at radius 2 is 1.78 bits per heavy atom. The smallest absolute Gasteiger partial charge is 0.154 e. The van der Waals surface area contributed by atoms with Gasteiger partial charge in [0, 0.05) is 17.8 Å². The minimum Gasteiger partial charge on any atom is -0.308 e. The SMILES string of the molecule is C/C=C/c1nc(-n2cccc2)c2ccccc2n1. The molecule has 3 aromatic rings. The van der Waals surface area contributed by atoms with E-state index in [1.807, 2.05) is 72.4 Å². The van der Waals surface area contributed by atoms with E-state index in [-0.39, 0.29) is 0 Å². The van der Waals surface area contributed by atoms with Crippen LogP contribution in [0.1, 0.15) is 12.7 Å². The van der Waals surface area contributed by atoms with Gasteiger partial charge in [0.2, 0.25) is 0 Å². The molecule has 0 aliphatic heterocycles. The molecule has 88 valence electrons. The molecule has 0 saturated carbocycles. The zero-order chi connectivity index (χ0) is 12.4. The van der Waals surface area contributed by atoms with E-state index in [1.165, 1.54) is 0 Å². The zero-order valence-electron chi connectivity index (χ0n) is 10.1. The van der Waals surface area contributed by atoms with Crippen LogP contribution in [0.5, 0.6) is 0 Å². The molecule has 2 heterocycles. The molecule has 0 aliphatic rings. The normalized spacial score (nSPS) is 11.4. The predicted octanol–water partition coefficient (Wildman–Crippen LogP) is 3.45. The van der Waals surface area contributed by atoms with E-state index >= 15 is 0 Å². The first-order chi connectivity index (χ1) is 8.88. The van der Waals surface area contributed by atoms with E-state index in [1.54, 1.807) is 0 Å². The molecule has 0 aliphatic carbocycles. The summed E-state index contributed by atoms with van der Waals surface area (Å²) in [7, 11) is 0. The Hall–Kier alpha value is -2.42. The fraction of sp³-hybridized carbons (Fsp3) is 0.0667. The van der Waals surface area contributed by atoms with Crippen LogP contribution in [0.2, 0.25) is 0 Å². The molecule has 0 spiro atoms. The summed E-state index contributed by atoms with van der Waals surface area (Å²) in [5, 5.41) is 1.06. The van der Waals surface area contributed by atoms with Crippen LogP contribution in [0.3, 0.4) is 0 Å². The summed E-state index contributed by atoms with van der Waals surface area (Å²) < 4.78 is 2.01. The third-order valence-electron chi connectivity index (χ3n) is 2.77. The van der Waals surface area contributed by atoms with Gasteiger partial charge in [-0.15, -0.1) is 0 Å². The number of hydrogen-bond acceptors (Lipinski definition) is 2. The molecule has 1 aromatic carbocycles. The van der Waals surface area contributed by atoms with Crippen LogP contribution in [0.15, 0.2) is 54.9 Å². The topological polar surface area (TPSA) is 30.7 Å². The van der Waals surface area contributed by atoms with Crippen LogP contribution in [-0.2, 0) is 0 Å². The second-order valence-electron chi connectivity index (χ2n) is 4.01. The van der Waals surface area contributed by atoms with Gasteiger partial charge < -0.3 is 4.57 Å². The number of aromatic nitrogens is 3. The first-order valence-corrected chi connectivity index (χ1v) is 5.91. The number of fused-ring (bicyclic) bond motifs is 1. The highest BCUT2D eigenvalue weighted by molar-refractivity contribution is 5.85. The van der Waals surface area contributed by atoms with E-state index in [0.717, 1.165) is 22.5 Å². The molecular weight excluding hydrogens is 222 g/mol. The molecule has 0 radical (unpaired) electrons. The fourth-order valence-electron chi connectivity index (χ4n) is 1.97. The lowest BCUT2D eigenvalue weighted by atomic mass is 10.2. The third kappa shape index (κ3) is 1.80. The summed E-state index contributed by atoms with van der Waals surface area (Å²) >= 11 is 0. The number of rotatable bonds is 2.